The maximum absolute atomic E-state index is 5.56. The van der Waals surface area contributed by atoms with E-state index in [9.17, 15) is 0 Å². The molecule has 1 aromatic rings. The molecule has 1 unspecified atom stereocenters. The quantitative estimate of drug-likeness (QED) is 0.816. The van der Waals surface area contributed by atoms with Crippen LogP contribution >= 0.6 is 0 Å². The average molecular weight is 252 g/mol. The molecule has 0 aliphatic carbocycles. The van der Waals surface area contributed by atoms with Gasteiger partial charge in [0.25, 0.3) is 0 Å². The summed E-state index contributed by atoms with van der Waals surface area (Å²) in [5.41, 5.74) is 0.685. The molecule has 1 saturated heterocycles. The highest BCUT2D eigenvalue weighted by atomic mass is 16.5. The first kappa shape index (κ1) is 13.0. The molecule has 1 aliphatic heterocycles. The standard InChI is InChI=1S/C12H20N4O2/c1-9-6-10(16-11(13-2)15-9)14-7-12(17-3)4-5-18-8-12/h6H,4-5,7-8H2,1-3H3,(H2,13,14,15,16). The van der Waals surface area contributed by atoms with E-state index in [4.69, 9.17) is 9.47 Å². The summed E-state index contributed by atoms with van der Waals surface area (Å²) >= 11 is 0. The van der Waals surface area contributed by atoms with Crippen LogP contribution in [-0.2, 0) is 9.47 Å². The predicted octanol–water partition coefficient (Wildman–Crippen LogP) is 1.04. The minimum Gasteiger partial charge on any atom is -0.378 e. The van der Waals surface area contributed by atoms with Gasteiger partial charge in [0.2, 0.25) is 5.95 Å². The molecule has 2 N–H and O–H groups in total. The number of aryl methyl sites for hydroxylation is 1. The summed E-state index contributed by atoms with van der Waals surface area (Å²) < 4.78 is 11.0. The number of nitrogens with one attached hydrogen (secondary N) is 2. The van der Waals surface area contributed by atoms with E-state index >= 15 is 0 Å². The van der Waals surface area contributed by atoms with E-state index < -0.39 is 0 Å². The van der Waals surface area contributed by atoms with Gasteiger partial charge >= 0.3 is 0 Å². The number of hydrogen-bond acceptors (Lipinski definition) is 6. The van der Waals surface area contributed by atoms with Gasteiger partial charge in [0, 0.05) is 45.5 Å². The number of rotatable bonds is 5. The molecule has 0 amide bonds. The second-order valence-corrected chi connectivity index (χ2v) is 4.51. The Morgan fingerprint density at radius 3 is 2.94 bits per heavy atom. The molecule has 0 aromatic carbocycles. The summed E-state index contributed by atoms with van der Waals surface area (Å²) in [5, 5.41) is 6.24. The summed E-state index contributed by atoms with van der Waals surface area (Å²) in [4.78, 5) is 8.60. The Labute approximate surface area is 107 Å². The minimum atomic E-state index is -0.237. The highest BCUT2D eigenvalue weighted by Crippen LogP contribution is 2.23. The van der Waals surface area contributed by atoms with Crippen LogP contribution in [0, 0.1) is 6.92 Å². The Balaban J connectivity index is 2.03. The Morgan fingerprint density at radius 2 is 2.33 bits per heavy atom. The largest absolute Gasteiger partial charge is 0.378 e. The van der Waals surface area contributed by atoms with E-state index in [-0.39, 0.29) is 5.60 Å². The molecule has 0 radical (unpaired) electrons. The third-order valence-corrected chi connectivity index (χ3v) is 3.17. The van der Waals surface area contributed by atoms with Crippen molar-refractivity contribution in [3.63, 3.8) is 0 Å². The Bertz CT molecular complexity index is 405. The lowest BCUT2D eigenvalue weighted by Crippen LogP contribution is -2.39. The highest BCUT2D eigenvalue weighted by molar-refractivity contribution is 5.42. The van der Waals surface area contributed by atoms with Crippen LogP contribution in [0.5, 0.6) is 0 Å². The number of aromatic nitrogens is 2. The lowest BCUT2D eigenvalue weighted by atomic mass is 10.0. The molecule has 1 aromatic heterocycles. The van der Waals surface area contributed by atoms with Gasteiger partial charge in [0.1, 0.15) is 11.4 Å². The zero-order chi connectivity index (χ0) is 13.0. The zero-order valence-electron chi connectivity index (χ0n) is 11.1. The molecule has 18 heavy (non-hydrogen) atoms. The van der Waals surface area contributed by atoms with Gasteiger partial charge in [-0.1, -0.05) is 0 Å². The Kier molecular flexibility index (Phi) is 3.98. The summed E-state index contributed by atoms with van der Waals surface area (Å²) in [5.74, 6) is 1.42. The van der Waals surface area contributed by atoms with Crippen LogP contribution in [0.1, 0.15) is 12.1 Å². The number of nitrogens with zero attached hydrogens (tertiary/aromatic N) is 2. The Hall–Kier alpha value is -1.40. The fourth-order valence-corrected chi connectivity index (χ4v) is 1.98. The van der Waals surface area contributed by atoms with Crippen LogP contribution in [0.25, 0.3) is 0 Å². The van der Waals surface area contributed by atoms with Gasteiger partial charge in [-0.15, -0.1) is 0 Å². The smallest absolute Gasteiger partial charge is 0.224 e. The second kappa shape index (κ2) is 5.49. The molecule has 0 bridgehead atoms. The predicted molar refractivity (Wildman–Crippen MR) is 70.0 cm³/mol. The van der Waals surface area contributed by atoms with Crippen molar-refractivity contribution >= 4 is 11.8 Å². The van der Waals surface area contributed by atoms with E-state index in [0.29, 0.717) is 19.1 Å². The topological polar surface area (TPSA) is 68.3 Å². The third kappa shape index (κ3) is 2.88. The van der Waals surface area contributed by atoms with Crippen molar-refractivity contribution in [2.24, 2.45) is 0 Å². The molecule has 6 nitrogen and oxygen atoms in total. The molecule has 0 saturated carbocycles. The average Bonchev–Trinajstić information content (AvgIpc) is 2.85. The van der Waals surface area contributed by atoms with Crippen molar-refractivity contribution in [2.45, 2.75) is 18.9 Å². The number of methoxy groups -OCH3 is 1. The summed E-state index contributed by atoms with van der Waals surface area (Å²) in [6, 6.07) is 1.92. The molecule has 2 heterocycles. The molecule has 1 aliphatic rings. The van der Waals surface area contributed by atoms with Crippen LogP contribution in [0.15, 0.2) is 6.07 Å². The molecule has 0 spiro atoms. The van der Waals surface area contributed by atoms with E-state index in [1.54, 1.807) is 14.2 Å². The number of anilines is 2. The zero-order valence-corrected chi connectivity index (χ0v) is 11.1. The van der Waals surface area contributed by atoms with Crippen LogP contribution in [-0.4, -0.2) is 49.5 Å². The minimum absolute atomic E-state index is 0.237. The first-order chi connectivity index (χ1) is 8.67. The molecule has 100 valence electrons. The number of hydrogen-bond donors (Lipinski definition) is 2. The van der Waals surface area contributed by atoms with Crippen molar-refractivity contribution in [3.8, 4) is 0 Å². The molecule has 1 fully saturated rings. The molecule has 6 heteroatoms. The van der Waals surface area contributed by atoms with Crippen molar-refractivity contribution in [3.05, 3.63) is 11.8 Å². The van der Waals surface area contributed by atoms with Crippen LogP contribution in [0.4, 0.5) is 11.8 Å². The maximum atomic E-state index is 5.56. The van der Waals surface area contributed by atoms with Crippen molar-refractivity contribution in [1.82, 2.24) is 9.97 Å². The van der Waals surface area contributed by atoms with Gasteiger partial charge in [0.15, 0.2) is 0 Å². The first-order valence-corrected chi connectivity index (χ1v) is 6.08. The molecule has 2 rings (SSSR count). The molecular weight excluding hydrogens is 232 g/mol. The van der Waals surface area contributed by atoms with Crippen LogP contribution in [0.2, 0.25) is 0 Å². The first-order valence-electron chi connectivity index (χ1n) is 6.08. The van der Waals surface area contributed by atoms with Crippen LogP contribution in [0.3, 0.4) is 0 Å². The third-order valence-electron chi connectivity index (χ3n) is 3.17. The van der Waals surface area contributed by atoms with Crippen molar-refractivity contribution in [2.75, 3.05) is 44.5 Å². The van der Waals surface area contributed by atoms with Gasteiger partial charge in [-0.3, -0.25) is 0 Å². The summed E-state index contributed by atoms with van der Waals surface area (Å²) in [7, 11) is 3.53. The summed E-state index contributed by atoms with van der Waals surface area (Å²) in [6.07, 6.45) is 0.902. The van der Waals surface area contributed by atoms with E-state index in [1.807, 2.05) is 13.0 Å². The van der Waals surface area contributed by atoms with Crippen molar-refractivity contribution < 1.29 is 9.47 Å². The van der Waals surface area contributed by atoms with E-state index in [0.717, 1.165) is 24.5 Å². The van der Waals surface area contributed by atoms with Gasteiger partial charge in [0.05, 0.1) is 6.61 Å². The fraction of sp³-hybridized carbons (Fsp3) is 0.667. The van der Waals surface area contributed by atoms with Gasteiger partial charge < -0.3 is 20.1 Å². The lowest BCUT2D eigenvalue weighted by Gasteiger charge is -2.26. The highest BCUT2D eigenvalue weighted by Gasteiger charge is 2.34. The van der Waals surface area contributed by atoms with E-state index in [2.05, 4.69) is 20.6 Å². The molecular formula is C12H20N4O2. The monoisotopic (exact) mass is 252 g/mol. The Morgan fingerprint density at radius 1 is 1.50 bits per heavy atom. The van der Waals surface area contributed by atoms with Crippen LogP contribution < -0.4 is 10.6 Å². The lowest BCUT2D eigenvalue weighted by molar-refractivity contribution is -0.00625. The maximum Gasteiger partial charge on any atom is 0.224 e. The second-order valence-electron chi connectivity index (χ2n) is 4.51. The number of ether oxygens (including phenoxy) is 2. The van der Waals surface area contributed by atoms with Gasteiger partial charge in [-0.05, 0) is 6.92 Å². The normalized spacial score (nSPS) is 23.1. The van der Waals surface area contributed by atoms with Gasteiger partial charge in [-0.25, -0.2) is 4.98 Å². The van der Waals surface area contributed by atoms with E-state index in [1.165, 1.54) is 0 Å². The van der Waals surface area contributed by atoms with Crippen molar-refractivity contribution in [1.29, 1.82) is 0 Å². The van der Waals surface area contributed by atoms with Gasteiger partial charge in [-0.2, -0.15) is 4.98 Å². The molecule has 1 atom stereocenters. The SMILES string of the molecule is CNc1nc(C)cc(NCC2(OC)CCOC2)n1. The fourth-order valence-electron chi connectivity index (χ4n) is 1.98. The summed E-state index contributed by atoms with van der Waals surface area (Å²) in [6.45, 7) is 4.00.